The number of nitrogens with zero attached hydrogens (tertiary/aromatic N) is 4. The minimum atomic E-state index is 0.757. The zero-order valence-corrected chi connectivity index (χ0v) is 11.9. The van der Waals surface area contributed by atoms with Crippen molar-refractivity contribution >= 4 is 21.9 Å². The molecule has 4 aromatic rings. The summed E-state index contributed by atoms with van der Waals surface area (Å²) in [6, 6.07) is 8.18. The Morgan fingerprint density at radius 1 is 1.19 bits per heavy atom. The molecular weight excluding hydrogens is 264 g/mol. The molecule has 0 aliphatic heterocycles. The van der Waals surface area contributed by atoms with E-state index in [2.05, 4.69) is 34.3 Å². The molecule has 3 heterocycles. The lowest BCUT2D eigenvalue weighted by Crippen LogP contribution is -1.96. The standard InChI is InChI=1S/C16H14N4O/c1-3-20-16-13(9-18-20)14-12(8-17-16)15(21-19-14)11-6-4-5-10(2)7-11/h4-9H,3H2,1-2H3. The van der Waals surface area contributed by atoms with Crippen molar-refractivity contribution in [3.8, 4) is 11.3 Å². The van der Waals surface area contributed by atoms with Crippen LogP contribution in [-0.4, -0.2) is 19.9 Å². The summed E-state index contributed by atoms with van der Waals surface area (Å²) in [7, 11) is 0. The van der Waals surface area contributed by atoms with Gasteiger partial charge in [0.2, 0.25) is 0 Å². The molecule has 0 aliphatic carbocycles. The fourth-order valence-corrected chi connectivity index (χ4v) is 2.64. The van der Waals surface area contributed by atoms with Gasteiger partial charge in [-0.3, -0.25) is 0 Å². The van der Waals surface area contributed by atoms with Crippen molar-refractivity contribution in [1.29, 1.82) is 0 Å². The van der Waals surface area contributed by atoms with E-state index in [0.29, 0.717) is 0 Å². The van der Waals surface area contributed by atoms with Gasteiger partial charge in [-0.1, -0.05) is 28.9 Å². The Balaban J connectivity index is 2.01. The second kappa shape index (κ2) is 4.41. The monoisotopic (exact) mass is 278 g/mol. The molecule has 1 aromatic carbocycles. The van der Waals surface area contributed by atoms with Crippen molar-refractivity contribution in [2.45, 2.75) is 20.4 Å². The molecule has 104 valence electrons. The fourth-order valence-electron chi connectivity index (χ4n) is 2.64. The van der Waals surface area contributed by atoms with Crippen molar-refractivity contribution in [1.82, 2.24) is 19.9 Å². The van der Waals surface area contributed by atoms with Crippen LogP contribution < -0.4 is 0 Å². The molecule has 5 nitrogen and oxygen atoms in total. The Morgan fingerprint density at radius 2 is 2.10 bits per heavy atom. The van der Waals surface area contributed by atoms with Crippen molar-refractivity contribution in [2.24, 2.45) is 0 Å². The molecule has 0 atom stereocenters. The van der Waals surface area contributed by atoms with E-state index in [1.165, 1.54) is 5.56 Å². The summed E-state index contributed by atoms with van der Waals surface area (Å²) in [4.78, 5) is 4.52. The Bertz CT molecular complexity index is 951. The van der Waals surface area contributed by atoms with Crippen LogP contribution in [0.3, 0.4) is 0 Å². The second-order valence-corrected chi connectivity index (χ2v) is 5.10. The average Bonchev–Trinajstić information content (AvgIpc) is 3.10. The van der Waals surface area contributed by atoms with Gasteiger partial charge < -0.3 is 4.52 Å². The molecule has 0 bridgehead atoms. The number of rotatable bonds is 2. The van der Waals surface area contributed by atoms with E-state index in [1.807, 2.05) is 29.9 Å². The Labute approximate surface area is 121 Å². The number of aryl methyl sites for hydroxylation is 2. The molecule has 4 rings (SSSR count). The summed E-state index contributed by atoms with van der Waals surface area (Å²) in [5, 5.41) is 10.4. The van der Waals surface area contributed by atoms with Crippen LogP contribution in [-0.2, 0) is 6.54 Å². The largest absolute Gasteiger partial charge is 0.355 e. The third-order valence-corrected chi connectivity index (χ3v) is 3.69. The maximum atomic E-state index is 5.58. The first-order chi connectivity index (χ1) is 10.3. The highest BCUT2D eigenvalue weighted by Gasteiger charge is 2.16. The highest BCUT2D eigenvalue weighted by molar-refractivity contribution is 6.05. The minimum absolute atomic E-state index is 0.757. The Kier molecular flexibility index (Phi) is 2.54. The van der Waals surface area contributed by atoms with Gasteiger partial charge in [-0.25, -0.2) is 9.67 Å². The van der Waals surface area contributed by atoms with Crippen LogP contribution in [0.25, 0.3) is 33.3 Å². The summed E-state index contributed by atoms with van der Waals surface area (Å²) in [5.74, 6) is 0.757. The van der Waals surface area contributed by atoms with Gasteiger partial charge in [0.15, 0.2) is 11.4 Å². The normalized spacial score (nSPS) is 11.5. The molecule has 5 heteroatoms. The number of aromatic nitrogens is 4. The topological polar surface area (TPSA) is 56.7 Å². The molecule has 0 aliphatic rings. The van der Waals surface area contributed by atoms with Gasteiger partial charge in [0.05, 0.1) is 17.0 Å². The third-order valence-electron chi connectivity index (χ3n) is 3.69. The van der Waals surface area contributed by atoms with Crippen LogP contribution in [0.5, 0.6) is 0 Å². The van der Waals surface area contributed by atoms with Crippen molar-refractivity contribution in [2.75, 3.05) is 0 Å². The summed E-state index contributed by atoms with van der Waals surface area (Å²) < 4.78 is 7.44. The fraction of sp³-hybridized carbons (Fsp3) is 0.188. The number of fused-ring (bicyclic) bond motifs is 3. The van der Waals surface area contributed by atoms with E-state index < -0.39 is 0 Å². The zero-order chi connectivity index (χ0) is 14.4. The smallest absolute Gasteiger partial charge is 0.176 e. The molecule has 0 fully saturated rings. The van der Waals surface area contributed by atoms with Crippen LogP contribution in [0, 0.1) is 6.92 Å². The van der Waals surface area contributed by atoms with Crippen LogP contribution in [0.15, 0.2) is 41.2 Å². The lowest BCUT2D eigenvalue weighted by Gasteiger charge is -1.99. The van der Waals surface area contributed by atoms with E-state index in [4.69, 9.17) is 4.52 Å². The van der Waals surface area contributed by atoms with Gasteiger partial charge in [0, 0.05) is 18.3 Å². The number of benzene rings is 1. The van der Waals surface area contributed by atoms with Crippen molar-refractivity contribution in [3.63, 3.8) is 0 Å². The van der Waals surface area contributed by atoms with E-state index in [1.54, 1.807) is 6.20 Å². The van der Waals surface area contributed by atoms with Crippen LogP contribution in [0.1, 0.15) is 12.5 Å². The van der Waals surface area contributed by atoms with Crippen LogP contribution >= 0.6 is 0 Å². The predicted molar refractivity (Wildman–Crippen MR) is 80.9 cm³/mol. The minimum Gasteiger partial charge on any atom is -0.355 e. The van der Waals surface area contributed by atoms with Gasteiger partial charge in [-0.2, -0.15) is 5.10 Å². The third kappa shape index (κ3) is 1.74. The number of pyridine rings is 1. The first-order valence-electron chi connectivity index (χ1n) is 6.95. The van der Waals surface area contributed by atoms with Gasteiger partial charge in [-0.15, -0.1) is 0 Å². The van der Waals surface area contributed by atoms with E-state index in [-0.39, 0.29) is 0 Å². The van der Waals surface area contributed by atoms with Gasteiger partial charge in [-0.05, 0) is 19.9 Å². The first kappa shape index (κ1) is 12.1. The summed E-state index contributed by atoms with van der Waals surface area (Å²) in [5.41, 5.74) is 3.86. The zero-order valence-electron chi connectivity index (χ0n) is 11.9. The van der Waals surface area contributed by atoms with Gasteiger partial charge >= 0.3 is 0 Å². The van der Waals surface area contributed by atoms with E-state index in [0.717, 1.165) is 39.8 Å². The highest BCUT2D eigenvalue weighted by atomic mass is 16.5. The van der Waals surface area contributed by atoms with Crippen molar-refractivity contribution in [3.05, 3.63) is 42.2 Å². The Morgan fingerprint density at radius 3 is 2.90 bits per heavy atom. The lowest BCUT2D eigenvalue weighted by atomic mass is 10.1. The van der Waals surface area contributed by atoms with E-state index >= 15 is 0 Å². The van der Waals surface area contributed by atoms with Crippen molar-refractivity contribution < 1.29 is 4.52 Å². The number of hydrogen-bond donors (Lipinski definition) is 0. The second-order valence-electron chi connectivity index (χ2n) is 5.10. The van der Waals surface area contributed by atoms with Gasteiger partial charge in [0.1, 0.15) is 5.52 Å². The molecule has 0 N–H and O–H groups in total. The van der Waals surface area contributed by atoms with Gasteiger partial charge in [0.25, 0.3) is 0 Å². The average molecular weight is 278 g/mol. The van der Waals surface area contributed by atoms with Crippen LogP contribution in [0.2, 0.25) is 0 Å². The Hall–Kier alpha value is -2.69. The maximum Gasteiger partial charge on any atom is 0.176 e. The highest BCUT2D eigenvalue weighted by Crippen LogP contribution is 2.32. The number of hydrogen-bond acceptors (Lipinski definition) is 4. The maximum absolute atomic E-state index is 5.58. The van der Waals surface area contributed by atoms with Crippen LogP contribution in [0.4, 0.5) is 0 Å². The lowest BCUT2D eigenvalue weighted by molar-refractivity contribution is 0.441. The molecule has 0 saturated heterocycles. The predicted octanol–water partition coefficient (Wildman–Crippen LogP) is 3.57. The summed E-state index contributed by atoms with van der Waals surface area (Å²) >= 11 is 0. The molecule has 3 aromatic heterocycles. The molecule has 0 spiro atoms. The molecule has 21 heavy (non-hydrogen) atoms. The molecule has 0 saturated carbocycles. The summed E-state index contributed by atoms with van der Waals surface area (Å²) in [6.45, 7) is 4.88. The SMILES string of the molecule is CCn1ncc2c3noc(-c4cccc(C)c4)c3cnc21. The molecule has 0 radical (unpaired) electrons. The molecule has 0 unspecified atom stereocenters. The van der Waals surface area contributed by atoms with E-state index in [9.17, 15) is 0 Å². The first-order valence-corrected chi connectivity index (χ1v) is 6.95. The quantitative estimate of drug-likeness (QED) is 0.562. The summed E-state index contributed by atoms with van der Waals surface area (Å²) in [6.07, 6.45) is 3.62. The molecular formula is C16H14N4O. The molecule has 0 amide bonds.